The van der Waals surface area contributed by atoms with Gasteiger partial charge in [-0.1, -0.05) is 13.0 Å². The van der Waals surface area contributed by atoms with Crippen molar-refractivity contribution in [2.24, 2.45) is 17.8 Å². The van der Waals surface area contributed by atoms with Crippen molar-refractivity contribution in [1.29, 1.82) is 0 Å². The molecule has 1 aliphatic rings. The summed E-state index contributed by atoms with van der Waals surface area (Å²) in [5.74, 6) is -2.32. The number of carbonyl (C=O) groups is 2. The Morgan fingerprint density at radius 3 is 2.25 bits per heavy atom. The SMILES string of the molecule is C=CCn1c(=O)n(CCO)c(=O)n(CC(O)COC(=O)C2CCC(C)CC2C(=O)OC(C)(C)C)c1=O. The minimum atomic E-state index is -1.45. The van der Waals surface area contributed by atoms with Crippen LogP contribution in [0.15, 0.2) is 27.0 Å². The molecule has 4 atom stereocenters. The number of carbonyl (C=O) groups excluding carboxylic acids is 2. The molecule has 0 aliphatic heterocycles. The van der Waals surface area contributed by atoms with Crippen LogP contribution in [0.2, 0.25) is 0 Å². The summed E-state index contributed by atoms with van der Waals surface area (Å²) in [5.41, 5.74) is -3.58. The highest BCUT2D eigenvalue weighted by molar-refractivity contribution is 5.82. The molecule has 2 N–H and O–H groups in total. The van der Waals surface area contributed by atoms with Crippen molar-refractivity contribution < 1.29 is 29.3 Å². The van der Waals surface area contributed by atoms with Crippen molar-refractivity contribution >= 4 is 11.9 Å². The second-order valence-corrected chi connectivity index (χ2v) is 10.2. The van der Waals surface area contributed by atoms with Gasteiger partial charge >= 0.3 is 29.0 Å². The van der Waals surface area contributed by atoms with Crippen molar-refractivity contribution in [1.82, 2.24) is 13.7 Å². The summed E-state index contributed by atoms with van der Waals surface area (Å²) in [6.45, 7) is 8.60. The maximum absolute atomic E-state index is 12.8. The molecule has 202 valence electrons. The van der Waals surface area contributed by atoms with Gasteiger partial charge in [-0.3, -0.25) is 9.59 Å². The Morgan fingerprint density at radius 1 is 1.06 bits per heavy atom. The summed E-state index contributed by atoms with van der Waals surface area (Å²) in [6.07, 6.45) is 1.48. The van der Waals surface area contributed by atoms with E-state index in [1.165, 1.54) is 6.08 Å². The van der Waals surface area contributed by atoms with Gasteiger partial charge < -0.3 is 19.7 Å². The third kappa shape index (κ3) is 7.26. The summed E-state index contributed by atoms with van der Waals surface area (Å²) >= 11 is 0. The zero-order valence-electron chi connectivity index (χ0n) is 21.3. The summed E-state index contributed by atoms with van der Waals surface area (Å²) in [7, 11) is 0. The summed E-state index contributed by atoms with van der Waals surface area (Å²) in [6, 6.07) is 0. The Balaban J connectivity index is 2.17. The number of esters is 2. The van der Waals surface area contributed by atoms with Crippen LogP contribution in [0.5, 0.6) is 0 Å². The van der Waals surface area contributed by atoms with Crippen LogP contribution in [0.1, 0.15) is 47.0 Å². The van der Waals surface area contributed by atoms with Gasteiger partial charge in [0, 0.05) is 0 Å². The van der Waals surface area contributed by atoms with Crippen LogP contribution < -0.4 is 17.1 Å². The maximum Gasteiger partial charge on any atom is 0.336 e. The van der Waals surface area contributed by atoms with Gasteiger partial charge in [0.05, 0.1) is 38.1 Å². The quantitative estimate of drug-likeness (QED) is 0.316. The molecule has 1 aromatic rings. The van der Waals surface area contributed by atoms with Crippen LogP contribution in [0, 0.1) is 17.8 Å². The van der Waals surface area contributed by atoms with Crippen LogP contribution in [0.4, 0.5) is 0 Å². The monoisotopic (exact) mass is 511 g/mol. The van der Waals surface area contributed by atoms with Gasteiger partial charge in [-0.05, 0) is 46.0 Å². The lowest BCUT2D eigenvalue weighted by Gasteiger charge is -2.33. The highest BCUT2D eigenvalue weighted by Crippen LogP contribution is 2.36. The molecule has 1 aliphatic carbocycles. The Kier molecular flexibility index (Phi) is 10.00. The summed E-state index contributed by atoms with van der Waals surface area (Å²) in [5, 5.41) is 19.6. The molecule has 12 heteroatoms. The van der Waals surface area contributed by atoms with Crippen LogP contribution in [0.3, 0.4) is 0 Å². The Hall–Kier alpha value is -2.99. The molecule has 0 amide bonds. The first-order valence-electron chi connectivity index (χ1n) is 12.0. The molecule has 0 aromatic carbocycles. The molecule has 0 spiro atoms. The minimum absolute atomic E-state index is 0.180. The van der Waals surface area contributed by atoms with Gasteiger partial charge in [-0.2, -0.15) is 0 Å². The number of hydrogen-bond acceptors (Lipinski definition) is 9. The van der Waals surface area contributed by atoms with E-state index in [4.69, 9.17) is 9.47 Å². The summed E-state index contributed by atoms with van der Waals surface area (Å²) in [4.78, 5) is 63.3. The lowest BCUT2D eigenvalue weighted by Crippen LogP contribution is -2.55. The molecule has 36 heavy (non-hydrogen) atoms. The van der Waals surface area contributed by atoms with Gasteiger partial charge in [0.1, 0.15) is 18.3 Å². The van der Waals surface area contributed by atoms with Crippen molar-refractivity contribution in [3.63, 3.8) is 0 Å². The average Bonchev–Trinajstić information content (AvgIpc) is 2.79. The zero-order chi connectivity index (χ0) is 27.2. The highest BCUT2D eigenvalue weighted by Gasteiger charge is 2.41. The lowest BCUT2D eigenvalue weighted by molar-refractivity contribution is -0.172. The second kappa shape index (κ2) is 12.3. The molecular weight excluding hydrogens is 474 g/mol. The van der Waals surface area contributed by atoms with Gasteiger partial charge in [0.15, 0.2) is 0 Å². The first kappa shape index (κ1) is 29.2. The highest BCUT2D eigenvalue weighted by atomic mass is 16.6. The smallest absolute Gasteiger partial charge is 0.336 e. The number of nitrogens with zero attached hydrogens (tertiary/aromatic N) is 3. The van der Waals surface area contributed by atoms with Gasteiger partial charge in [0.25, 0.3) is 0 Å². The van der Waals surface area contributed by atoms with E-state index in [1.54, 1.807) is 20.8 Å². The maximum atomic E-state index is 12.8. The number of hydrogen-bond donors (Lipinski definition) is 2. The van der Waals surface area contributed by atoms with E-state index in [0.29, 0.717) is 22.0 Å². The van der Waals surface area contributed by atoms with Gasteiger partial charge in [0.2, 0.25) is 0 Å². The minimum Gasteiger partial charge on any atom is -0.463 e. The fourth-order valence-electron chi connectivity index (χ4n) is 4.27. The first-order valence-corrected chi connectivity index (χ1v) is 12.0. The van der Waals surface area contributed by atoms with E-state index in [-0.39, 0.29) is 19.0 Å². The number of aliphatic hydroxyl groups excluding tert-OH is 2. The second-order valence-electron chi connectivity index (χ2n) is 10.2. The van der Waals surface area contributed by atoms with Gasteiger partial charge in [-0.25, -0.2) is 28.1 Å². The molecule has 1 heterocycles. The zero-order valence-corrected chi connectivity index (χ0v) is 21.3. The molecule has 1 saturated carbocycles. The number of aromatic nitrogens is 3. The van der Waals surface area contributed by atoms with Gasteiger partial charge in [-0.15, -0.1) is 6.58 Å². The van der Waals surface area contributed by atoms with E-state index >= 15 is 0 Å². The van der Waals surface area contributed by atoms with Crippen LogP contribution in [-0.2, 0) is 38.7 Å². The van der Waals surface area contributed by atoms with Crippen molar-refractivity contribution in [3.05, 3.63) is 44.1 Å². The van der Waals surface area contributed by atoms with Crippen LogP contribution in [0.25, 0.3) is 0 Å². The molecule has 1 aromatic heterocycles. The number of ether oxygens (including phenoxy) is 2. The standard InChI is InChI=1S/C24H37N3O9/c1-6-9-25-21(32)26(10-11-28)23(34)27(22(25)33)13-16(29)14-35-19(30)17-8-7-15(2)12-18(17)20(31)36-24(3,4)5/h6,15-18,28-29H,1,7-14H2,2-5H3. The van der Waals surface area contributed by atoms with E-state index < -0.39 is 72.3 Å². The Bertz CT molecular complexity index is 1130. The van der Waals surface area contributed by atoms with Crippen LogP contribution in [-0.4, -0.2) is 60.8 Å². The molecule has 0 bridgehead atoms. The number of rotatable bonds is 10. The fourth-order valence-corrected chi connectivity index (χ4v) is 4.27. The van der Waals surface area contributed by atoms with E-state index in [0.717, 1.165) is 11.0 Å². The average molecular weight is 512 g/mol. The van der Waals surface area contributed by atoms with Crippen molar-refractivity contribution in [2.45, 2.75) is 78.3 Å². The number of allylic oxidation sites excluding steroid dienone is 1. The van der Waals surface area contributed by atoms with Crippen LogP contribution >= 0.6 is 0 Å². The largest absolute Gasteiger partial charge is 0.463 e. The third-order valence-corrected chi connectivity index (χ3v) is 5.96. The molecule has 1 fully saturated rings. The molecule has 0 radical (unpaired) electrons. The normalized spacial score (nSPS) is 21.0. The lowest BCUT2D eigenvalue weighted by atomic mass is 9.74. The van der Waals surface area contributed by atoms with Crippen molar-refractivity contribution in [2.75, 3.05) is 13.2 Å². The number of aliphatic hydroxyl groups is 2. The van der Waals surface area contributed by atoms with E-state index in [2.05, 4.69) is 6.58 Å². The molecule has 2 rings (SSSR count). The molecule has 12 nitrogen and oxygen atoms in total. The first-order chi connectivity index (χ1) is 16.8. The molecule has 0 saturated heterocycles. The topological polar surface area (TPSA) is 159 Å². The van der Waals surface area contributed by atoms with E-state index in [1.807, 2.05) is 6.92 Å². The predicted octanol–water partition coefficient (Wildman–Crippen LogP) is -0.352. The van der Waals surface area contributed by atoms with E-state index in [9.17, 15) is 34.2 Å². The Labute approximate surface area is 208 Å². The predicted molar refractivity (Wildman–Crippen MR) is 129 cm³/mol. The summed E-state index contributed by atoms with van der Waals surface area (Å²) < 4.78 is 12.8. The van der Waals surface area contributed by atoms with Crippen molar-refractivity contribution in [3.8, 4) is 0 Å². The fraction of sp³-hybridized carbons (Fsp3) is 0.708. The molecular formula is C24H37N3O9. The Morgan fingerprint density at radius 2 is 1.67 bits per heavy atom. The third-order valence-electron chi connectivity index (χ3n) is 5.96. The molecule has 4 unspecified atom stereocenters.